The zero-order chi connectivity index (χ0) is 16.4. The normalized spacial score (nSPS) is 11.3. The first-order chi connectivity index (χ1) is 11.1. The van der Waals surface area contributed by atoms with Crippen LogP contribution in [0.4, 0.5) is 5.82 Å². The number of nitrogens with one attached hydrogen (secondary N) is 1. The predicted octanol–water partition coefficient (Wildman–Crippen LogP) is 3.26. The zero-order valence-corrected chi connectivity index (χ0v) is 14.9. The van der Waals surface area contributed by atoms with Crippen LogP contribution in [0.5, 0.6) is 0 Å². The van der Waals surface area contributed by atoms with Crippen molar-refractivity contribution in [3.63, 3.8) is 0 Å². The van der Waals surface area contributed by atoms with Crippen LogP contribution in [0.1, 0.15) is 41.7 Å². The molecule has 0 saturated heterocycles. The van der Waals surface area contributed by atoms with Gasteiger partial charge < -0.3 is 5.32 Å². The van der Waals surface area contributed by atoms with Gasteiger partial charge in [0.25, 0.3) is 0 Å². The van der Waals surface area contributed by atoms with Gasteiger partial charge in [-0.05, 0) is 19.8 Å². The number of hydrogen-bond donors (Lipinski definition) is 1. The Kier molecular flexibility index (Phi) is 4.56. The lowest BCUT2D eigenvalue weighted by atomic mass is 10.3. The Morgan fingerprint density at radius 2 is 2.04 bits per heavy atom. The quantitative estimate of drug-likeness (QED) is 0.751. The minimum absolute atomic E-state index is 0.737. The maximum absolute atomic E-state index is 4.69. The van der Waals surface area contributed by atoms with Crippen molar-refractivity contribution in [3.8, 4) is 0 Å². The molecule has 0 unspecified atom stereocenters. The van der Waals surface area contributed by atoms with Crippen LogP contribution in [0.25, 0.3) is 11.0 Å². The molecule has 0 saturated carbocycles. The van der Waals surface area contributed by atoms with Crippen molar-refractivity contribution < 1.29 is 0 Å². The minimum atomic E-state index is 0.737. The molecule has 7 heteroatoms. The lowest BCUT2D eigenvalue weighted by Gasteiger charge is -2.08. The molecule has 0 amide bonds. The molecule has 23 heavy (non-hydrogen) atoms. The van der Waals surface area contributed by atoms with E-state index >= 15 is 0 Å². The van der Waals surface area contributed by atoms with Crippen molar-refractivity contribution in [2.75, 3.05) is 5.32 Å². The number of aromatic nitrogens is 5. The third-order valence-corrected chi connectivity index (χ3v) is 4.76. The van der Waals surface area contributed by atoms with Crippen LogP contribution in [-0.2, 0) is 26.4 Å². The third-order valence-electron chi connectivity index (χ3n) is 3.75. The molecule has 0 aliphatic rings. The van der Waals surface area contributed by atoms with Crippen molar-refractivity contribution in [3.05, 3.63) is 27.6 Å². The molecule has 6 nitrogen and oxygen atoms in total. The van der Waals surface area contributed by atoms with E-state index in [1.807, 2.05) is 13.2 Å². The molecule has 0 aliphatic carbocycles. The van der Waals surface area contributed by atoms with Gasteiger partial charge in [-0.15, -0.1) is 11.3 Å². The van der Waals surface area contributed by atoms with Crippen LogP contribution in [0.15, 0.2) is 6.20 Å². The van der Waals surface area contributed by atoms with Gasteiger partial charge in [0.15, 0.2) is 5.65 Å². The van der Waals surface area contributed by atoms with Crippen LogP contribution < -0.4 is 5.32 Å². The van der Waals surface area contributed by atoms with E-state index in [0.29, 0.717) is 0 Å². The lowest BCUT2D eigenvalue weighted by Crippen LogP contribution is -2.06. The van der Waals surface area contributed by atoms with E-state index in [-0.39, 0.29) is 0 Å². The van der Waals surface area contributed by atoms with E-state index < -0.39 is 0 Å². The largest absolute Gasteiger partial charge is 0.364 e. The molecule has 0 fully saturated rings. The Balaban J connectivity index is 1.92. The Morgan fingerprint density at radius 3 is 2.78 bits per heavy atom. The van der Waals surface area contributed by atoms with E-state index in [2.05, 4.69) is 46.1 Å². The van der Waals surface area contributed by atoms with Crippen molar-refractivity contribution in [1.82, 2.24) is 24.7 Å². The van der Waals surface area contributed by atoms with Crippen LogP contribution in [0.3, 0.4) is 0 Å². The Bertz CT molecular complexity index is 819. The van der Waals surface area contributed by atoms with E-state index in [9.17, 15) is 0 Å². The molecule has 3 heterocycles. The summed E-state index contributed by atoms with van der Waals surface area (Å²) in [4.78, 5) is 15.2. The smallest absolute Gasteiger partial charge is 0.163 e. The summed E-state index contributed by atoms with van der Waals surface area (Å²) in [7, 11) is 1.91. The average Bonchev–Trinajstić information content (AvgIpc) is 3.08. The molecule has 0 aliphatic heterocycles. The summed E-state index contributed by atoms with van der Waals surface area (Å²) < 4.78 is 1.80. The first-order valence-corrected chi connectivity index (χ1v) is 8.81. The van der Waals surface area contributed by atoms with Crippen molar-refractivity contribution >= 4 is 28.2 Å². The number of aryl methyl sites for hydroxylation is 4. The fraction of sp³-hybridized carbons (Fsp3) is 0.500. The number of hydrogen-bond acceptors (Lipinski definition) is 6. The summed E-state index contributed by atoms with van der Waals surface area (Å²) >= 11 is 1.75. The molecular formula is C16H22N6S. The molecule has 3 rings (SSSR count). The number of nitrogens with zero attached hydrogens (tertiary/aromatic N) is 5. The van der Waals surface area contributed by atoms with E-state index in [1.165, 1.54) is 10.6 Å². The minimum Gasteiger partial charge on any atom is -0.364 e. The highest BCUT2D eigenvalue weighted by Gasteiger charge is 2.13. The Morgan fingerprint density at radius 1 is 1.22 bits per heavy atom. The van der Waals surface area contributed by atoms with E-state index in [4.69, 9.17) is 0 Å². The fourth-order valence-corrected chi connectivity index (χ4v) is 3.59. The van der Waals surface area contributed by atoms with Crippen molar-refractivity contribution in [2.24, 2.45) is 7.05 Å². The SMILES string of the molecule is CCCc1nc(NCc2sc(C)nc2CC)c2cnn(C)c2n1. The molecule has 0 spiro atoms. The van der Waals surface area contributed by atoms with Crippen molar-refractivity contribution in [1.29, 1.82) is 0 Å². The van der Waals surface area contributed by atoms with Gasteiger partial charge in [0.2, 0.25) is 0 Å². The van der Waals surface area contributed by atoms with E-state index in [0.717, 1.165) is 53.5 Å². The molecule has 0 aromatic carbocycles. The monoisotopic (exact) mass is 330 g/mol. The van der Waals surface area contributed by atoms with E-state index in [1.54, 1.807) is 16.0 Å². The lowest BCUT2D eigenvalue weighted by molar-refractivity contribution is 0.772. The Hall–Kier alpha value is -2.02. The van der Waals surface area contributed by atoms with Crippen LogP contribution in [0.2, 0.25) is 0 Å². The van der Waals surface area contributed by atoms with Gasteiger partial charge >= 0.3 is 0 Å². The van der Waals surface area contributed by atoms with Gasteiger partial charge in [-0.2, -0.15) is 5.10 Å². The molecular weight excluding hydrogens is 308 g/mol. The first-order valence-electron chi connectivity index (χ1n) is 8.00. The fourth-order valence-electron chi connectivity index (χ4n) is 2.63. The first kappa shape index (κ1) is 15.9. The number of anilines is 1. The van der Waals surface area contributed by atoms with Gasteiger partial charge in [-0.1, -0.05) is 13.8 Å². The molecule has 3 aromatic heterocycles. The van der Waals surface area contributed by atoms with Gasteiger partial charge in [-0.25, -0.2) is 15.0 Å². The summed E-state index contributed by atoms with van der Waals surface area (Å²) in [6.45, 7) is 7.07. The predicted molar refractivity (Wildman–Crippen MR) is 93.9 cm³/mol. The summed E-state index contributed by atoms with van der Waals surface area (Å²) in [5.41, 5.74) is 2.05. The average molecular weight is 330 g/mol. The van der Waals surface area contributed by atoms with Gasteiger partial charge in [0, 0.05) is 18.3 Å². The van der Waals surface area contributed by atoms with Gasteiger partial charge in [0.05, 0.1) is 28.8 Å². The summed E-state index contributed by atoms with van der Waals surface area (Å²) in [5, 5.41) is 9.86. The molecule has 3 aromatic rings. The second-order valence-corrected chi connectivity index (χ2v) is 6.84. The second kappa shape index (κ2) is 6.62. The highest BCUT2D eigenvalue weighted by Crippen LogP contribution is 2.23. The maximum atomic E-state index is 4.69. The van der Waals surface area contributed by atoms with Gasteiger partial charge in [0.1, 0.15) is 11.6 Å². The van der Waals surface area contributed by atoms with Crippen LogP contribution >= 0.6 is 11.3 Å². The third kappa shape index (κ3) is 3.19. The highest BCUT2D eigenvalue weighted by molar-refractivity contribution is 7.11. The van der Waals surface area contributed by atoms with Crippen LogP contribution in [-0.4, -0.2) is 24.7 Å². The molecule has 0 radical (unpaired) electrons. The summed E-state index contributed by atoms with van der Waals surface area (Å²) in [5.74, 6) is 1.72. The molecule has 0 atom stereocenters. The Labute approximate surface area is 140 Å². The standard InChI is InChI=1S/C16H22N6S/c1-5-7-14-20-15(11-8-18-22(4)16(11)21-14)17-9-13-12(6-2)19-10(3)23-13/h8H,5-7,9H2,1-4H3,(H,17,20,21). The summed E-state index contributed by atoms with van der Waals surface area (Å²) in [6, 6.07) is 0. The topological polar surface area (TPSA) is 68.5 Å². The van der Waals surface area contributed by atoms with Crippen LogP contribution in [0, 0.1) is 6.92 Å². The highest BCUT2D eigenvalue weighted by atomic mass is 32.1. The molecule has 1 N–H and O–H groups in total. The molecule has 0 bridgehead atoms. The van der Waals surface area contributed by atoms with Crippen molar-refractivity contribution in [2.45, 2.75) is 46.6 Å². The second-order valence-electron chi connectivity index (χ2n) is 5.55. The van der Waals surface area contributed by atoms with Gasteiger partial charge in [-0.3, -0.25) is 4.68 Å². The number of rotatable bonds is 6. The zero-order valence-electron chi connectivity index (χ0n) is 14.1. The molecule has 122 valence electrons. The summed E-state index contributed by atoms with van der Waals surface area (Å²) in [6.07, 6.45) is 4.67. The maximum Gasteiger partial charge on any atom is 0.163 e. The number of thiazole rings is 1. The number of fused-ring (bicyclic) bond motifs is 1.